The SMILES string of the molecule is COc1cc(OC)c(CNC(=O)CNC(=O)[C@@H](N)C(C)C)c(OC)c1.Cl. The third-order valence-electron chi connectivity index (χ3n) is 3.72. The molecule has 1 aromatic carbocycles. The van der Waals surface area contributed by atoms with Crippen molar-refractivity contribution in [3.63, 3.8) is 0 Å². The van der Waals surface area contributed by atoms with Crippen LogP contribution in [0.15, 0.2) is 12.1 Å². The maximum atomic E-state index is 12.0. The van der Waals surface area contributed by atoms with Gasteiger partial charge in [-0.2, -0.15) is 0 Å². The van der Waals surface area contributed by atoms with Crippen LogP contribution in [0.25, 0.3) is 0 Å². The lowest BCUT2D eigenvalue weighted by molar-refractivity contribution is -0.127. The van der Waals surface area contributed by atoms with Crippen LogP contribution >= 0.6 is 12.4 Å². The number of nitrogens with two attached hydrogens (primary N) is 1. The lowest BCUT2D eigenvalue weighted by Crippen LogP contribution is -2.47. The molecule has 4 N–H and O–H groups in total. The first-order valence-electron chi connectivity index (χ1n) is 7.92. The highest BCUT2D eigenvalue weighted by molar-refractivity contribution is 5.87. The second-order valence-corrected chi connectivity index (χ2v) is 5.77. The van der Waals surface area contributed by atoms with Gasteiger partial charge in [0.2, 0.25) is 11.8 Å². The summed E-state index contributed by atoms with van der Waals surface area (Å²) in [5.74, 6) is 0.938. The number of benzene rings is 1. The highest BCUT2D eigenvalue weighted by atomic mass is 35.5. The predicted molar refractivity (Wildman–Crippen MR) is 101 cm³/mol. The summed E-state index contributed by atoms with van der Waals surface area (Å²) in [5, 5.41) is 5.23. The summed E-state index contributed by atoms with van der Waals surface area (Å²) < 4.78 is 15.8. The van der Waals surface area contributed by atoms with Crippen LogP contribution in [-0.4, -0.2) is 45.7 Å². The van der Waals surface area contributed by atoms with Crippen molar-refractivity contribution in [2.24, 2.45) is 11.7 Å². The molecule has 0 aliphatic carbocycles. The zero-order chi connectivity index (χ0) is 19.0. The van der Waals surface area contributed by atoms with E-state index in [1.165, 1.54) is 14.2 Å². The third kappa shape index (κ3) is 6.61. The van der Waals surface area contributed by atoms with Crippen molar-refractivity contribution in [2.45, 2.75) is 26.4 Å². The third-order valence-corrected chi connectivity index (χ3v) is 3.72. The van der Waals surface area contributed by atoms with Crippen LogP contribution in [0.5, 0.6) is 17.2 Å². The topological polar surface area (TPSA) is 112 Å². The van der Waals surface area contributed by atoms with Crippen LogP contribution < -0.4 is 30.6 Å². The van der Waals surface area contributed by atoms with Gasteiger partial charge in [-0.15, -0.1) is 12.4 Å². The van der Waals surface area contributed by atoms with Crippen LogP contribution in [0.3, 0.4) is 0 Å². The molecule has 0 bridgehead atoms. The molecule has 148 valence electrons. The largest absolute Gasteiger partial charge is 0.496 e. The summed E-state index contributed by atoms with van der Waals surface area (Å²) in [6.07, 6.45) is 0. The summed E-state index contributed by atoms with van der Waals surface area (Å²) in [5.41, 5.74) is 6.40. The van der Waals surface area contributed by atoms with E-state index < -0.39 is 6.04 Å². The lowest BCUT2D eigenvalue weighted by Gasteiger charge is -2.17. The zero-order valence-corrected chi connectivity index (χ0v) is 16.6. The standard InChI is InChI=1S/C17H27N3O5.ClH/c1-10(2)16(18)17(22)20-9-15(21)19-8-12-13(24-4)6-11(23-3)7-14(12)25-5;/h6-7,10,16H,8-9,18H2,1-5H3,(H,19,21)(H,20,22);1H/t16-;/m0./s1. The van der Waals surface area contributed by atoms with E-state index in [9.17, 15) is 9.59 Å². The highest BCUT2D eigenvalue weighted by Gasteiger charge is 2.18. The molecular formula is C17H28ClN3O5. The van der Waals surface area contributed by atoms with E-state index in [0.29, 0.717) is 22.8 Å². The van der Waals surface area contributed by atoms with E-state index in [4.69, 9.17) is 19.9 Å². The first kappa shape index (κ1) is 23.8. The maximum Gasteiger partial charge on any atom is 0.239 e. The Labute approximate surface area is 160 Å². The molecule has 0 saturated heterocycles. The minimum Gasteiger partial charge on any atom is -0.496 e. The Morgan fingerprint density at radius 2 is 1.58 bits per heavy atom. The molecule has 0 saturated carbocycles. The zero-order valence-electron chi connectivity index (χ0n) is 15.8. The molecule has 0 aliphatic rings. The van der Waals surface area contributed by atoms with Crippen LogP contribution in [0.4, 0.5) is 0 Å². The molecule has 0 radical (unpaired) electrons. The van der Waals surface area contributed by atoms with Gasteiger partial charge in [0.05, 0.1) is 46.0 Å². The van der Waals surface area contributed by atoms with Gasteiger partial charge in [-0.05, 0) is 5.92 Å². The van der Waals surface area contributed by atoms with Crippen molar-refractivity contribution in [3.8, 4) is 17.2 Å². The molecule has 0 unspecified atom stereocenters. The fraction of sp³-hybridized carbons (Fsp3) is 0.529. The Morgan fingerprint density at radius 3 is 2.00 bits per heavy atom. The number of rotatable bonds is 9. The fourth-order valence-corrected chi connectivity index (χ4v) is 2.09. The molecule has 0 aromatic heterocycles. The Morgan fingerprint density at radius 1 is 1.04 bits per heavy atom. The Balaban J connectivity index is 0.00000625. The molecule has 1 atom stereocenters. The molecule has 0 aliphatic heterocycles. The number of nitrogens with one attached hydrogen (secondary N) is 2. The van der Waals surface area contributed by atoms with Gasteiger partial charge in [-0.25, -0.2) is 0 Å². The van der Waals surface area contributed by atoms with Crippen LogP contribution in [0.1, 0.15) is 19.4 Å². The van der Waals surface area contributed by atoms with Crippen molar-refractivity contribution in [2.75, 3.05) is 27.9 Å². The van der Waals surface area contributed by atoms with Gasteiger partial charge < -0.3 is 30.6 Å². The van der Waals surface area contributed by atoms with Crippen molar-refractivity contribution in [3.05, 3.63) is 17.7 Å². The average Bonchev–Trinajstić information content (AvgIpc) is 2.62. The summed E-state index contributed by atoms with van der Waals surface area (Å²) >= 11 is 0. The normalized spacial score (nSPS) is 11.2. The highest BCUT2D eigenvalue weighted by Crippen LogP contribution is 2.33. The number of ether oxygens (including phenoxy) is 3. The maximum absolute atomic E-state index is 12.0. The van der Waals surface area contributed by atoms with Gasteiger partial charge >= 0.3 is 0 Å². The summed E-state index contributed by atoms with van der Waals surface area (Å²) in [6.45, 7) is 3.71. The fourth-order valence-electron chi connectivity index (χ4n) is 2.09. The van der Waals surface area contributed by atoms with E-state index in [1.807, 2.05) is 13.8 Å². The predicted octanol–water partition coefficient (Wildman–Crippen LogP) is 0.850. The first-order chi connectivity index (χ1) is 11.8. The van der Waals surface area contributed by atoms with Gasteiger partial charge in [-0.3, -0.25) is 9.59 Å². The van der Waals surface area contributed by atoms with Gasteiger partial charge in [0.1, 0.15) is 17.2 Å². The molecule has 2 amide bonds. The van der Waals surface area contributed by atoms with E-state index in [-0.39, 0.29) is 43.2 Å². The van der Waals surface area contributed by atoms with E-state index in [2.05, 4.69) is 10.6 Å². The number of halogens is 1. The van der Waals surface area contributed by atoms with Crippen molar-refractivity contribution < 1.29 is 23.8 Å². The molecule has 1 rings (SSSR count). The van der Waals surface area contributed by atoms with Crippen LogP contribution in [0, 0.1) is 5.92 Å². The van der Waals surface area contributed by atoms with Gasteiger partial charge in [0.15, 0.2) is 0 Å². The lowest BCUT2D eigenvalue weighted by atomic mass is 10.1. The minimum absolute atomic E-state index is 0. The van der Waals surface area contributed by atoms with Gasteiger partial charge in [-0.1, -0.05) is 13.8 Å². The molecule has 0 spiro atoms. The number of carbonyl (C=O) groups is 2. The Kier molecular flexibility index (Phi) is 10.5. The summed E-state index contributed by atoms with van der Waals surface area (Å²) in [7, 11) is 4.58. The number of methoxy groups -OCH3 is 3. The molecule has 26 heavy (non-hydrogen) atoms. The smallest absolute Gasteiger partial charge is 0.239 e. The molecular weight excluding hydrogens is 362 g/mol. The quantitative estimate of drug-likeness (QED) is 0.577. The van der Waals surface area contributed by atoms with Crippen molar-refractivity contribution in [1.82, 2.24) is 10.6 Å². The van der Waals surface area contributed by atoms with E-state index in [0.717, 1.165) is 0 Å². The molecule has 1 aromatic rings. The van der Waals surface area contributed by atoms with E-state index >= 15 is 0 Å². The van der Waals surface area contributed by atoms with E-state index in [1.54, 1.807) is 19.2 Å². The number of hydrogen-bond acceptors (Lipinski definition) is 6. The second kappa shape index (κ2) is 11.4. The Hall–Kier alpha value is -2.19. The van der Waals surface area contributed by atoms with Gasteiger partial charge in [0, 0.05) is 12.1 Å². The molecule has 0 fully saturated rings. The van der Waals surface area contributed by atoms with Crippen LogP contribution in [-0.2, 0) is 16.1 Å². The number of carbonyl (C=O) groups excluding carboxylic acids is 2. The van der Waals surface area contributed by atoms with Gasteiger partial charge in [0.25, 0.3) is 0 Å². The van der Waals surface area contributed by atoms with Crippen LogP contribution in [0.2, 0.25) is 0 Å². The van der Waals surface area contributed by atoms with Crippen molar-refractivity contribution >= 4 is 24.2 Å². The average molecular weight is 390 g/mol. The Bertz CT molecular complexity index is 585. The first-order valence-corrected chi connectivity index (χ1v) is 7.92. The molecule has 8 nitrogen and oxygen atoms in total. The summed E-state index contributed by atoms with van der Waals surface area (Å²) in [4.78, 5) is 23.7. The summed E-state index contributed by atoms with van der Waals surface area (Å²) in [6, 6.07) is 2.76. The number of hydrogen-bond donors (Lipinski definition) is 3. The molecule has 9 heteroatoms. The van der Waals surface area contributed by atoms with Crippen molar-refractivity contribution in [1.29, 1.82) is 0 Å². The minimum atomic E-state index is -0.644. The molecule has 0 heterocycles. The number of amides is 2. The monoisotopic (exact) mass is 389 g/mol. The second-order valence-electron chi connectivity index (χ2n) is 5.77.